The van der Waals surface area contributed by atoms with Crippen molar-refractivity contribution >= 4 is 11.8 Å². The van der Waals surface area contributed by atoms with Crippen LogP contribution >= 0.6 is 11.8 Å². The Morgan fingerprint density at radius 2 is 1.67 bits per heavy atom. The van der Waals surface area contributed by atoms with Crippen LogP contribution in [0, 0.1) is 0 Å². The molecule has 1 atom stereocenters. The third kappa shape index (κ3) is 3.90. The summed E-state index contributed by atoms with van der Waals surface area (Å²) in [6.45, 7) is 2.05. The Morgan fingerprint density at radius 1 is 1.00 bits per heavy atom. The van der Waals surface area contributed by atoms with Crippen LogP contribution in [-0.4, -0.2) is 6.04 Å². The maximum Gasteiger partial charge on any atom is 0.0232 e. The summed E-state index contributed by atoms with van der Waals surface area (Å²) < 4.78 is 0. The lowest BCUT2D eigenvalue weighted by Gasteiger charge is -2.11. The Bertz CT molecular complexity index is 479. The normalized spacial score (nSPS) is 12.3. The van der Waals surface area contributed by atoms with Gasteiger partial charge in [0.25, 0.3) is 0 Å². The number of thioether (sulfide) groups is 1. The van der Waals surface area contributed by atoms with Gasteiger partial charge in [0.1, 0.15) is 0 Å². The molecule has 0 unspecified atom stereocenters. The van der Waals surface area contributed by atoms with Crippen LogP contribution in [0.2, 0.25) is 0 Å². The van der Waals surface area contributed by atoms with Crippen molar-refractivity contribution in [3.63, 3.8) is 0 Å². The molecule has 18 heavy (non-hydrogen) atoms. The van der Waals surface area contributed by atoms with Crippen molar-refractivity contribution in [2.24, 2.45) is 5.73 Å². The summed E-state index contributed by atoms with van der Waals surface area (Å²) in [6.07, 6.45) is 0.942. The molecule has 2 heteroatoms. The van der Waals surface area contributed by atoms with Gasteiger partial charge in [0.2, 0.25) is 0 Å². The lowest BCUT2D eigenvalue weighted by molar-refractivity contribution is 0.729. The van der Waals surface area contributed by atoms with Gasteiger partial charge in [0.15, 0.2) is 0 Å². The standard InChI is InChI=1S/C16H19NS/c1-13(17)11-15-9-5-6-10-16(15)18-12-14-7-3-2-4-8-14/h2-10,13H,11-12,17H2,1H3/t13-/m1/s1. The Balaban J connectivity index is 2.05. The van der Waals surface area contributed by atoms with E-state index in [0.29, 0.717) is 0 Å². The van der Waals surface area contributed by atoms with E-state index in [-0.39, 0.29) is 6.04 Å². The average Bonchev–Trinajstić information content (AvgIpc) is 2.38. The molecule has 2 aromatic carbocycles. The first-order valence-corrected chi connectivity index (χ1v) is 7.24. The van der Waals surface area contributed by atoms with Gasteiger partial charge in [0, 0.05) is 16.7 Å². The number of hydrogen-bond donors (Lipinski definition) is 1. The second-order valence-corrected chi connectivity index (χ2v) is 5.58. The summed E-state index contributed by atoms with van der Waals surface area (Å²) >= 11 is 1.89. The van der Waals surface area contributed by atoms with Crippen LogP contribution in [0.3, 0.4) is 0 Å². The van der Waals surface area contributed by atoms with Crippen molar-refractivity contribution in [3.8, 4) is 0 Å². The van der Waals surface area contributed by atoms with Gasteiger partial charge in [-0.2, -0.15) is 0 Å². The topological polar surface area (TPSA) is 26.0 Å². The van der Waals surface area contributed by atoms with Crippen LogP contribution in [0.15, 0.2) is 59.5 Å². The predicted molar refractivity (Wildman–Crippen MR) is 79.8 cm³/mol. The Hall–Kier alpha value is -1.25. The van der Waals surface area contributed by atoms with Crippen LogP contribution in [-0.2, 0) is 12.2 Å². The quantitative estimate of drug-likeness (QED) is 0.823. The van der Waals surface area contributed by atoms with Crippen molar-refractivity contribution in [1.82, 2.24) is 0 Å². The summed E-state index contributed by atoms with van der Waals surface area (Å²) in [6, 6.07) is 19.3. The van der Waals surface area contributed by atoms with Gasteiger partial charge >= 0.3 is 0 Å². The van der Waals surface area contributed by atoms with Gasteiger partial charge in [0.05, 0.1) is 0 Å². The highest BCUT2D eigenvalue weighted by Gasteiger charge is 2.05. The molecule has 0 bridgehead atoms. The minimum Gasteiger partial charge on any atom is -0.328 e. The van der Waals surface area contributed by atoms with Gasteiger partial charge in [-0.05, 0) is 30.5 Å². The molecule has 0 aliphatic heterocycles. The highest BCUT2D eigenvalue weighted by atomic mass is 32.2. The molecule has 0 fully saturated rings. The molecule has 0 aliphatic carbocycles. The van der Waals surface area contributed by atoms with E-state index in [1.807, 2.05) is 11.8 Å². The molecule has 0 saturated carbocycles. The molecule has 0 amide bonds. The first-order valence-electron chi connectivity index (χ1n) is 6.26. The SMILES string of the molecule is C[C@@H](N)Cc1ccccc1SCc1ccccc1. The van der Waals surface area contributed by atoms with E-state index in [4.69, 9.17) is 5.73 Å². The molecule has 2 N–H and O–H groups in total. The van der Waals surface area contributed by atoms with Crippen molar-refractivity contribution in [3.05, 3.63) is 65.7 Å². The van der Waals surface area contributed by atoms with Crippen LogP contribution in [0.4, 0.5) is 0 Å². The van der Waals surface area contributed by atoms with Gasteiger partial charge in [-0.3, -0.25) is 0 Å². The molecule has 0 spiro atoms. The molecule has 0 saturated heterocycles. The third-order valence-electron chi connectivity index (χ3n) is 2.75. The van der Waals surface area contributed by atoms with Gasteiger partial charge in [-0.1, -0.05) is 48.5 Å². The molecule has 0 aromatic heterocycles. The van der Waals surface area contributed by atoms with Gasteiger partial charge < -0.3 is 5.73 Å². The molecule has 0 radical (unpaired) electrons. The zero-order valence-electron chi connectivity index (χ0n) is 10.7. The van der Waals surface area contributed by atoms with E-state index in [1.165, 1.54) is 16.0 Å². The molecule has 94 valence electrons. The smallest absolute Gasteiger partial charge is 0.0232 e. The number of nitrogens with two attached hydrogens (primary N) is 1. The summed E-state index contributed by atoms with van der Waals surface area (Å²) in [7, 11) is 0. The Kier molecular flexibility index (Phi) is 4.85. The molecule has 0 aliphatic rings. The lowest BCUT2D eigenvalue weighted by Crippen LogP contribution is -2.18. The van der Waals surface area contributed by atoms with E-state index in [1.54, 1.807) is 0 Å². The average molecular weight is 257 g/mol. The van der Waals surface area contributed by atoms with Gasteiger partial charge in [-0.25, -0.2) is 0 Å². The molecular weight excluding hydrogens is 238 g/mol. The second kappa shape index (κ2) is 6.62. The van der Waals surface area contributed by atoms with E-state index in [2.05, 4.69) is 61.5 Å². The van der Waals surface area contributed by atoms with Crippen molar-refractivity contribution in [2.75, 3.05) is 0 Å². The van der Waals surface area contributed by atoms with E-state index >= 15 is 0 Å². The molecule has 0 heterocycles. The first-order chi connectivity index (χ1) is 8.75. The Labute approximate surface area is 113 Å². The third-order valence-corrected chi connectivity index (χ3v) is 3.94. The fourth-order valence-electron chi connectivity index (χ4n) is 1.90. The Morgan fingerprint density at radius 3 is 2.39 bits per heavy atom. The van der Waals surface area contributed by atoms with Crippen LogP contribution in [0.5, 0.6) is 0 Å². The number of rotatable bonds is 5. The lowest BCUT2D eigenvalue weighted by atomic mass is 10.1. The molecule has 1 nitrogen and oxygen atoms in total. The molecule has 2 aromatic rings. The predicted octanol–water partition coefficient (Wildman–Crippen LogP) is 3.87. The van der Waals surface area contributed by atoms with E-state index in [9.17, 15) is 0 Å². The van der Waals surface area contributed by atoms with Crippen LogP contribution < -0.4 is 5.73 Å². The maximum atomic E-state index is 5.89. The fraction of sp³-hybridized carbons (Fsp3) is 0.250. The van der Waals surface area contributed by atoms with Crippen molar-refractivity contribution in [1.29, 1.82) is 0 Å². The van der Waals surface area contributed by atoms with Crippen molar-refractivity contribution < 1.29 is 0 Å². The number of hydrogen-bond acceptors (Lipinski definition) is 2. The minimum absolute atomic E-state index is 0.212. The van der Waals surface area contributed by atoms with E-state index in [0.717, 1.165) is 12.2 Å². The zero-order chi connectivity index (χ0) is 12.8. The molecular formula is C16H19NS. The van der Waals surface area contributed by atoms with Gasteiger partial charge in [-0.15, -0.1) is 11.8 Å². The van der Waals surface area contributed by atoms with E-state index < -0.39 is 0 Å². The summed E-state index contributed by atoms with van der Waals surface area (Å²) in [5, 5.41) is 0. The van der Waals surface area contributed by atoms with Crippen molar-refractivity contribution in [2.45, 2.75) is 30.0 Å². The minimum atomic E-state index is 0.212. The fourth-order valence-corrected chi connectivity index (χ4v) is 2.92. The van der Waals surface area contributed by atoms with Crippen LogP contribution in [0.25, 0.3) is 0 Å². The highest BCUT2D eigenvalue weighted by Crippen LogP contribution is 2.26. The summed E-state index contributed by atoms with van der Waals surface area (Å²) in [4.78, 5) is 1.35. The largest absolute Gasteiger partial charge is 0.328 e. The molecule has 2 rings (SSSR count). The highest BCUT2D eigenvalue weighted by molar-refractivity contribution is 7.98. The first kappa shape index (κ1) is 13.2. The zero-order valence-corrected chi connectivity index (χ0v) is 11.5. The number of benzene rings is 2. The maximum absolute atomic E-state index is 5.89. The monoisotopic (exact) mass is 257 g/mol. The summed E-state index contributed by atoms with van der Waals surface area (Å²) in [5.41, 5.74) is 8.61. The van der Waals surface area contributed by atoms with Crippen LogP contribution in [0.1, 0.15) is 18.1 Å². The summed E-state index contributed by atoms with van der Waals surface area (Å²) in [5.74, 6) is 1.01. The second-order valence-electron chi connectivity index (χ2n) is 4.56.